The van der Waals surface area contributed by atoms with E-state index in [4.69, 9.17) is 10.6 Å². The maximum Gasteiger partial charge on any atom is 0.269 e. The Bertz CT molecular complexity index is 634. The van der Waals surface area contributed by atoms with Crippen LogP contribution >= 0.6 is 22.6 Å². The standard InChI is InChI=1S/C13H12IN3O3/c14-11-3-1-2-4-13(11)20-8-9-7-10(17(18)19)5-6-12(9)16-15/h1-7,16H,8,15H2. The van der Waals surface area contributed by atoms with Gasteiger partial charge in [-0.3, -0.25) is 16.0 Å². The summed E-state index contributed by atoms with van der Waals surface area (Å²) in [5.74, 6) is 6.12. The predicted octanol–water partition coefficient (Wildman–Crippen LogP) is 3.06. The second-order valence-corrected chi connectivity index (χ2v) is 5.12. The number of non-ortho nitro benzene ring substituents is 1. The average molecular weight is 385 g/mol. The Kier molecular flexibility index (Phi) is 4.74. The number of benzene rings is 2. The zero-order valence-electron chi connectivity index (χ0n) is 10.4. The van der Waals surface area contributed by atoms with Gasteiger partial charge in [-0.05, 0) is 40.8 Å². The molecule has 2 aromatic rings. The van der Waals surface area contributed by atoms with E-state index < -0.39 is 4.92 Å². The number of hydrazine groups is 1. The van der Waals surface area contributed by atoms with Gasteiger partial charge in [0.25, 0.3) is 5.69 Å². The van der Waals surface area contributed by atoms with E-state index in [1.807, 2.05) is 24.3 Å². The van der Waals surface area contributed by atoms with Crippen molar-refractivity contribution < 1.29 is 9.66 Å². The maximum absolute atomic E-state index is 10.8. The molecule has 0 bridgehead atoms. The van der Waals surface area contributed by atoms with Crippen LogP contribution in [0.25, 0.3) is 0 Å². The van der Waals surface area contributed by atoms with Crippen molar-refractivity contribution in [2.24, 2.45) is 5.84 Å². The van der Waals surface area contributed by atoms with Crippen LogP contribution in [0.3, 0.4) is 0 Å². The number of nitrogens with one attached hydrogen (secondary N) is 1. The molecule has 0 aromatic heterocycles. The first kappa shape index (κ1) is 14.5. The van der Waals surface area contributed by atoms with E-state index in [1.54, 1.807) is 6.07 Å². The summed E-state index contributed by atoms with van der Waals surface area (Å²) >= 11 is 2.16. The fourth-order valence-electron chi connectivity index (χ4n) is 1.67. The Balaban J connectivity index is 2.22. The van der Waals surface area contributed by atoms with Crippen LogP contribution in [0.1, 0.15) is 5.56 Å². The van der Waals surface area contributed by atoms with Crippen LogP contribution in [0.4, 0.5) is 11.4 Å². The molecule has 0 spiro atoms. The monoisotopic (exact) mass is 385 g/mol. The lowest BCUT2D eigenvalue weighted by atomic mass is 10.1. The third-order valence-electron chi connectivity index (χ3n) is 2.67. The van der Waals surface area contributed by atoms with E-state index in [0.717, 1.165) is 9.32 Å². The fourth-order valence-corrected chi connectivity index (χ4v) is 2.21. The Morgan fingerprint density at radius 2 is 2.05 bits per heavy atom. The van der Waals surface area contributed by atoms with E-state index in [0.29, 0.717) is 11.3 Å². The summed E-state index contributed by atoms with van der Waals surface area (Å²) in [5, 5.41) is 10.8. The first-order valence-electron chi connectivity index (χ1n) is 5.73. The Hall–Kier alpha value is -1.87. The number of nitro benzene ring substituents is 1. The molecule has 0 heterocycles. The molecule has 7 heteroatoms. The molecule has 0 aliphatic rings. The highest BCUT2D eigenvalue weighted by Gasteiger charge is 2.11. The molecule has 0 aliphatic heterocycles. The van der Waals surface area contributed by atoms with E-state index >= 15 is 0 Å². The lowest BCUT2D eigenvalue weighted by Crippen LogP contribution is -2.11. The van der Waals surface area contributed by atoms with Crippen LogP contribution in [-0.4, -0.2) is 4.92 Å². The van der Waals surface area contributed by atoms with Gasteiger partial charge in [0.1, 0.15) is 12.4 Å². The molecule has 0 saturated heterocycles. The zero-order valence-corrected chi connectivity index (χ0v) is 12.5. The SMILES string of the molecule is NNc1ccc([N+](=O)[O-])cc1COc1ccccc1I. The van der Waals surface area contributed by atoms with Crippen LogP contribution in [0.15, 0.2) is 42.5 Å². The van der Waals surface area contributed by atoms with Gasteiger partial charge in [-0.2, -0.15) is 0 Å². The minimum atomic E-state index is -0.448. The molecule has 0 saturated carbocycles. The van der Waals surface area contributed by atoms with Gasteiger partial charge in [0, 0.05) is 17.7 Å². The first-order chi connectivity index (χ1) is 9.61. The topological polar surface area (TPSA) is 90.4 Å². The van der Waals surface area contributed by atoms with Crippen molar-refractivity contribution in [3.8, 4) is 5.75 Å². The van der Waals surface area contributed by atoms with Crippen LogP contribution in [0, 0.1) is 13.7 Å². The largest absolute Gasteiger partial charge is 0.488 e. The number of rotatable bonds is 5. The summed E-state index contributed by atoms with van der Waals surface area (Å²) in [6.07, 6.45) is 0. The zero-order chi connectivity index (χ0) is 14.5. The Labute approximate surface area is 129 Å². The molecule has 0 atom stereocenters. The van der Waals surface area contributed by atoms with Crippen molar-refractivity contribution in [3.63, 3.8) is 0 Å². The number of nitrogens with zero attached hydrogens (tertiary/aromatic N) is 1. The predicted molar refractivity (Wildman–Crippen MR) is 84.4 cm³/mol. The number of halogens is 1. The molecule has 3 N–H and O–H groups in total. The minimum Gasteiger partial charge on any atom is -0.488 e. The highest BCUT2D eigenvalue weighted by molar-refractivity contribution is 14.1. The van der Waals surface area contributed by atoms with Gasteiger partial charge < -0.3 is 10.2 Å². The van der Waals surface area contributed by atoms with E-state index in [1.165, 1.54) is 12.1 Å². The number of ether oxygens (including phenoxy) is 1. The smallest absolute Gasteiger partial charge is 0.269 e. The molecule has 104 valence electrons. The van der Waals surface area contributed by atoms with Gasteiger partial charge in [0.15, 0.2) is 0 Å². The van der Waals surface area contributed by atoms with Crippen molar-refractivity contribution in [2.75, 3.05) is 5.43 Å². The number of para-hydroxylation sites is 1. The second-order valence-electron chi connectivity index (χ2n) is 3.96. The fraction of sp³-hybridized carbons (Fsp3) is 0.0769. The number of nitrogen functional groups attached to an aromatic ring is 1. The lowest BCUT2D eigenvalue weighted by molar-refractivity contribution is -0.384. The van der Waals surface area contributed by atoms with E-state index in [-0.39, 0.29) is 12.3 Å². The molecular weight excluding hydrogens is 373 g/mol. The minimum absolute atomic E-state index is 0.00496. The Morgan fingerprint density at radius 1 is 1.30 bits per heavy atom. The normalized spacial score (nSPS) is 10.1. The van der Waals surface area contributed by atoms with Gasteiger partial charge in [-0.25, -0.2) is 0 Å². The average Bonchev–Trinajstić information content (AvgIpc) is 2.46. The van der Waals surface area contributed by atoms with Crippen molar-refractivity contribution in [3.05, 3.63) is 61.7 Å². The summed E-state index contributed by atoms with van der Waals surface area (Å²) < 4.78 is 6.64. The molecule has 6 nitrogen and oxygen atoms in total. The molecular formula is C13H12IN3O3. The van der Waals surface area contributed by atoms with Crippen LogP contribution in [0.5, 0.6) is 5.75 Å². The van der Waals surface area contributed by atoms with E-state index in [9.17, 15) is 10.1 Å². The molecule has 2 rings (SSSR count). The van der Waals surface area contributed by atoms with Crippen molar-refractivity contribution >= 4 is 34.0 Å². The van der Waals surface area contributed by atoms with Gasteiger partial charge >= 0.3 is 0 Å². The maximum atomic E-state index is 10.8. The number of nitrogens with two attached hydrogens (primary N) is 1. The molecule has 2 aromatic carbocycles. The first-order valence-corrected chi connectivity index (χ1v) is 6.81. The molecule has 0 aliphatic carbocycles. The quantitative estimate of drug-likeness (QED) is 0.357. The Morgan fingerprint density at radius 3 is 2.70 bits per heavy atom. The van der Waals surface area contributed by atoms with Crippen LogP contribution in [0.2, 0.25) is 0 Å². The highest BCUT2D eigenvalue weighted by Crippen LogP contribution is 2.25. The van der Waals surface area contributed by atoms with Crippen molar-refractivity contribution in [2.45, 2.75) is 6.61 Å². The van der Waals surface area contributed by atoms with Gasteiger partial charge in [-0.1, -0.05) is 12.1 Å². The number of hydrogen-bond acceptors (Lipinski definition) is 5. The highest BCUT2D eigenvalue weighted by atomic mass is 127. The van der Waals surface area contributed by atoms with Crippen LogP contribution < -0.4 is 16.0 Å². The molecule has 0 fully saturated rings. The second kappa shape index (κ2) is 6.53. The third kappa shape index (κ3) is 3.36. The molecule has 20 heavy (non-hydrogen) atoms. The van der Waals surface area contributed by atoms with Crippen molar-refractivity contribution in [1.82, 2.24) is 0 Å². The summed E-state index contributed by atoms with van der Waals surface area (Å²) in [6.45, 7) is 0.196. The van der Waals surface area contributed by atoms with Gasteiger partial charge in [0.05, 0.1) is 14.2 Å². The number of hydrogen-bond donors (Lipinski definition) is 2. The molecule has 0 amide bonds. The third-order valence-corrected chi connectivity index (χ3v) is 3.57. The number of anilines is 1. The summed E-state index contributed by atoms with van der Waals surface area (Å²) in [4.78, 5) is 10.3. The van der Waals surface area contributed by atoms with Crippen molar-refractivity contribution in [1.29, 1.82) is 0 Å². The number of nitro groups is 1. The summed E-state index contributed by atoms with van der Waals surface area (Å²) in [5.41, 5.74) is 3.74. The van der Waals surface area contributed by atoms with Gasteiger partial charge in [-0.15, -0.1) is 0 Å². The van der Waals surface area contributed by atoms with Crippen LogP contribution in [-0.2, 0) is 6.61 Å². The summed E-state index contributed by atoms with van der Waals surface area (Å²) in [6, 6.07) is 11.9. The summed E-state index contributed by atoms with van der Waals surface area (Å²) in [7, 11) is 0. The molecule has 0 unspecified atom stereocenters. The van der Waals surface area contributed by atoms with Gasteiger partial charge in [0.2, 0.25) is 0 Å². The molecule has 0 radical (unpaired) electrons. The lowest BCUT2D eigenvalue weighted by Gasteiger charge is -2.11. The van der Waals surface area contributed by atoms with E-state index in [2.05, 4.69) is 28.0 Å².